The molecule has 0 spiro atoms. The normalized spacial score (nSPS) is 11.9. The predicted molar refractivity (Wildman–Crippen MR) is 87.4 cm³/mol. The van der Waals surface area contributed by atoms with E-state index in [0.717, 1.165) is 30.4 Å². The number of aryl methyl sites for hydroxylation is 1. The number of nitrogens with one attached hydrogen (secondary N) is 1. The maximum atomic E-state index is 12.4. The molecule has 1 unspecified atom stereocenters. The van der Waals surface area contributed by atoms with Crippen molar-refractivity contribution >= 4 is 5.91 Å². The van der Waals surface area contributed by atoms with Crippen molar-refractivity contribution in [2.75, 3.05) is 0 Å². The van der Waals surface area contributed by atoms with Gasteiger partial charge < -0.3 is 5.32 Å². The third-order valence-corrected chi connectivity index (χ3v) is 3.67. The molecule has 2 aromatic rings. The van der Waals surface area contributed by atoms with Gasteiger partial charge in [-0.3, -0.25) is 4.79 Å². The molecule has 2 rings (SSSR count). The van der Waals surface area contributed by atoms with Crippen LogP contribution in [0.3, 0.4) is 0 Å². The monoisotopic (exact) mass is 281 g/mol. The summed E-state index contributed by atoms with van der Waals surface area (Å²) >= 11 is 0. The van der Waals surface area contributed by atoms with Gasteiger partial charge in [-0.1, -0.05) is 67.8 Å². The minimum Gasteiger partial charge on any atom is -0.345 e. The maximum Gasteiger partial charge on any atom is 0.251 e. The fourth-order valence-corrected chi connectivity index (χ4v) is 2.36. The Bertz CT molecular complexity index is 560. The van der Waals surface area contributed by atoms with Crippen LogP contribution in [0.2, 0.25) is 0 Å². The molecule has 0 fully saturated rings. The first kappa shape index (κ1) is 15.3. The number of benzene rings is 2. The van der Waals surface area contributed by atoms with Gasteiger partial charge in [-0.25, -0.2) is 0 Å². The summed E-state index contributed by atoms with van der Waals surface area (Å²) in [6.07, 6.45) is 3.20. The SMILES string of the molecule is CCCCC(NC(=O)c1ccc(C)cc1)c1ccccc1. The number of carbonyl (C=O) groups excluding carboxylic acids is 1. The number of rotatable bonds is 6. The average molecular weight is 281 g/mol. The van der Waals surface area contributed by atoms with Gasteiger partial charge in [0.05, 0.1) is 6.04 Å². The Morgan fingerprint density at radius 3 is 2.33 bits per heavy atom. The molecular weight excluding hydrogens is 258 g/mol. The Kier molecular flexibility index (Phi) is 5.56. The number of carbonyl (C=O) groups is 1. The van der Waals surface area contributed by atoms with Crippen LogP contribution in [0.5, 0.6) is 0 Å². The summed E-state index contributed by atoms with van der Waals surface area (Å²) in [4.78, 5) is 12.4. The summed E-state index contributed by atoms with van der Waals surface area (Å²) in [6, 6.07) is 18.0. The molecule has 1 atom stereocenters. The second kappa shape index (κ2) is 7.63. The molecule has 1 N–H and O–H groups in total. The number of hydrogen-bond acceptors (Lipinski definition) is 1. The van der Waals surface area contributed by atoms with Gasteiger partial charge in [0.2, 0.25) is 0 Å². The first-order chi connectivity index (χ1) is 10.2. The van der Waals surface area contributed by atoms with Crippen molar-refractivity contribution in [2.24, 2.45) is 0 Å². The smallest absolute Gasteiger partial charge is 0.251 e. The van der Waals surface area contributed by atoms with E-state index in [-0.39, 0.29) is 11.9 Å². The summed E-state index contributed by atoms with van der Waals surface area (Å²) in [7, 11) is 0. The lowest BCUT2D eigenvalue weighted by molar-refractivity contribution is 0.0934. The highest BCUT2D eigenvalue weighted by Crippen LogP contribution is 2.20. The van der Waals surface area contributed by atoms with Gasteiger partial charge in [0.1, 0.15) is 0 Å². The molecule has 2 nitrogen and oxygen atoms in total. The molecule has 0 aromatic heterocycles. The molecule has 0 bridgehead atoms. The van der Waals surface area contributed by atoms with Crippen LogP contribution in [0.1, 0.15) is 53.7 Å². The molecule has 2 heteroatoms. The summed E-state index contributed by atoms with van der Waals surface area (Å²) in [5.74, 6) is -0.0000406. The van der Waals surface area contributed by atoms with E-state index in [2.05, 4.69) is 24.4 Å². The lowest BCUT2D eigenvalue weighted by Gasteiger charge is -2.19. The zero-order chi connectivity index (χ0) is 15.1. The van der Waals surface area contributed by atoms with E-state index in [1.807, 2.05) is 49.4 Å². The van der Waals surface area contributed by atoms with E-state index >= 15 is 0 Å². The van der Waals surface area contributed by atoms with E-state index in [0.29, 0.717) is 0 Å². The molecule has 0 aliphatic carbocycles. The van der Waals surface area contributed by atoms with E-state index in [1.165, 1.54) is 5.56 Å². The van der Waals surface area contributed by atoms with Crippen molar-refractivity contribution in [1.29, 1.82) is 0 Å². The zero-order valence-electron chi connectivity index (χ0n) is 12.8. The summed E-state index contributed by atoms with van der Waals surface area (Å²) < 4.78 is 0. The van der Waals surface area contributed by atoms with Crippen LogP contribution in [-0.4, -0.2) is 5.91 Å². The molecule has 0 saturated carbocycles. The van der Waals surface area contributed by atoms with Gasteiger partial charge in [0.25, 0.3) is 5.91 Å². The lowest BCUT2D eigenvalue weighted by Crippen LogP contribution is -2.28. The van der Waals surface area contributed by atoms with Crippen LogP contribution in [0.15, 0.2) is 54.6 Å². The molecule has 0 aliphatic heterocycles. The molecule has 0 aliphatic rings. The highest BCUT2D eigenvalue weighted by atomic mass is 16.1. The van der Waals surface area contributed by atoms with Crippen molar-refractivity contribution in [2.45, 2.75) is 39.2 Å². The van der Waals surface area contributed by atoms with Crippen molar-refractivity contribution < 1.29 is 4.79 Å². The fraction of sp³-hybridized carbons (Fsp3) is 0.316. The Balaban J connectivity index is 2.11. The van der Waals surface area contributed by atoms with E-state index in [9.17, 15) is 4.79 Å². The molecule has 0 radical (unpaired) electrons. The Morgan fingerprint density at radius 2 is 1.71 bits per heavy atom. The third kappa shape index (κ3) is 4.45. The highest BCUT2D eigenvalue weighted by molar-refractivity contribution is 5.94. The lowest BCUT2D eigenvalue weighted by atomic mass is 10.0. The fourth-order valence-electron chi connectivity index (χ4n) is 2.36. The van der Waals surface area contributed by atoms with Crippen LogP contribution in [-0.2, 0) is 0 Å². The van der Waals surface area contributed by atoms with Crippen molar-refractivity contribution in [1.82, 2.24) is 5.32 Å². The number of amides is 1. The Morgan fingerprint density at radius 1 is 1.05 bits per heavy atom. The molecular formula is C19H23NO. The van der Waals surface area contributed by atoms with Gasteiger partial charge in [-0.15, -0.1) is 0 Å². The second-order valence-corrected chi connectivity index (χ2v) is 5.44. The molecule has 110 valence electrons. The van der Waals surface area contributed by atoms with Gasteiger partial charge in [-0.05, 0) is 31.0 Å². The van der Waals surface area contributed by atoms with Gasteiger partial charge in [-0.2, -0.15) is 0 Å². The Labute approximate surface area is 127 Å². The van der Waals surface area contributed by atoms with Crippen molar-refractivity contribution in [3.8, 4) is 0 Å². The topological polar surface area (TPSA) is 29.1 Å². The number of hydrogen-bond donors (Lipinski definition) is 1. The summed E-state index contributed by atoms with van der Waals surface area (Å²) in [5, 5.41) is 3.16. The van der Waals surface area contributed by atoms with Crippen LogP contribution >= 0.6 is 0 Å². The largest absolute Gasteiger partial charge is 0.345 e. The summed E-state index contributed by atoms with van der Waals surface area (Å²) in [5.41, 5.74) is 3.06. The molecule has 1 amide bonds. The molecule has 0 saturated heterocycles. The number of unbranched alkanes of at least 4 members (excludes halogenated alkanes) is 1. The van der Waals surface area contributed by atoms with Crippen LogP contribution in [0, 0.1) is 6.92 Å². The quantitative estimate of drug-likeness (QED) is 0.820. The standard InChI is InChI=1S/C19H23NO/c1-3-4-10-18(16-8-6-5-7-9-16)20-19(21)17-13-11-15(2)12-14-17/h5-9,11-14,18H,3-4,10H2,1-2H3,(H,20,21). The van der Waals surface area contributed by atoms with Crippen LogP contribution < -0.4 is 5.32 Å². The average Bonchev–Trinajstić information content (AvgIpc) is 2.52. The van der Waals surface area contributed by atoms with Gasteiger partial charge in [0, 0.05) is 5.56 Å². The highest BCUT2D eigenvalue weighted by Gasteiger charge is 2.15. The zero-order valence-corrected chi connectivity index (χ0v) is 12.8. The third-order valence-electron chi connectivity index (χ3n) is 3.67. The molecule has 21 heavy (non-hydrogen) atoms. The van der Waals surface area contributed by atoms with Gasteiger partial charge >= 0.3 is 0 Å². The first-order valence-electron chi connectivity index (χ1n) is 7.63. The summed E-state index contributed by atoms with van der Waals surface area (Å²) in [6.45, 7) is 4.19. The maximum absolute atomic E-state index is 12.4. The van der Waals surface area contributed by atoms with Gasteiger partial charge in [0.15, 0.2) is 0 Å². The van der Waals surface area contributed by atoms with E-state index in [1.54, 1.807) is 0 Å². The van der Waals surface area contributed by atoms with Crippen molar-refractivity contribution in [3.63, 3.8) is 0 Å². The molecule has 0 heterocycles. The molecule has 2 aromatic carbocycles. The van der Waals surface area contributed by atoms with Crippen LogP contribution in [0.4, 0.5) is 0 Å². The van der Waals surface area contributed by atoms with Crippen LogP contribution in [0.25, 0.3) is 0 Å². The van der Waals surface area contributed by atoms with E-state index in [4.69, 9.17) is 0 Å². The Hall–Kier alpha value is -2.09. The van der Waals surface area contributed by atoms with Crippen molar-refractivity contribution in [3.05, 3.63) is 71.3 Å². The predicted octanol–water partition coefficient (Wildman–Crippen LogP) is 4.66. The minimum atomic E-state index is -0.0000406. The minimum absolute atomic E-state index is 0.0000406. The first-order valence-corrected chi connectivity index (χ1v) is 7.63. The van der Waals surface area contributed by atoms with E-state index < -0.39 is 0 Å². The second-order valence-electron chi connectivity index (χ2n) is 5.44.